The third kappa shape index (κ3) is 5.69. The summed E-state index contributed by atoms with van der Waals surface area (Å²) in [7, 11) is 0. The van der Waals surface area contributed by atoms with Crippen molar-refractivity contribution >= 4 is 45.7 Å². The molecule has 0 radical (unpaired) electrons. The molecule has 0 aliphatic rings. The lowest BCUT2D eigenvalue weighted by atomic mass is 10.2. The second kappa shape index (κ2) is 8.98. The molecule has 26 heavy (non-hydrogen) atoms. The highest BCUT2D eigenvalue weighted by Crippen LogP contribution is 2.28. The molecule has 2 aromatic carbocycles. The Labute approximate surface area is 162 Å². The summed E-state index contributed by atoms with van der Waals surface area (Å²) in [6.07, 6.45) is 0. The summed E-state index contributed by atoms with van der Waals surface area (Å²) in [6, 6.07) is 13.0. The van der Waals surface area contributed by atoms with E-state index in [0.29, 0.717) is 26.0 Å². The minimum Gasteiger partial charge on any atom is -0.484 e. The van der Waals surface area contributed by atoms with Gasteiger partial charge in [-0.2, -0.15) is 0 Å². The summed E-state index contributed by atoms with van der Waals surface area (Å²) in [5.74, 6) is 0.603. The predicted molar refractivity (Wildman–Crippen MR) is 101 cm³/mol. The van der Waals surface area contributed by atoms with Crippen molar-refractivity contribution in [3.05, 3.63) is 64.9 Å². The highest BCUT2D eigenvalue weighted by Gasteiger charge is 2.10. The number of benzene rings is 2. The summed E-state index contributed by atoms with van der Waals surface area (Å²) >= 11 is 8.52. The van der Waals surface area contributed by atoms with E-state index in [1.807, 2.05) is 0 Å². The molecule has 0 atom stereocenters. The Bertz CT molecular complexity index is 872. The minimum absolute atomic E-state index is 0.140. The Hall–Kier alpha value is -2.16. The van der Waals surface area contributed by atoms with Gasteiger partial charge in [-0.25, -0.2) is 4.39 Å². The van der Waals surface area contributed by atoms with Crippen LogP contribution in [0.2, 0.25) is 5.02 Å². The maximum atomic E-state index is 12.9. The van der Waals surface area contributed by atoms with E-state index in [0.717, 1.165) is 5.56 Å². The summed E-state index contributed by atoms with van der Waals surface area (Å²) in [4.78, 5) is 11.9. The smallest absolute Gasteiger partial charge is 0.264 e. The third-order valence-electron chi connectivity index (χ3n) is 3.11. The molecule has 0 saturated carbocycles. The van der Waals surface area contributed by atoms with Crippen LogP contribution in [-0.2, 0) is 10.5 Å². The second-order valence-corrected chi connectivity index (χ2v) is 7.72. The summed E-state index contributed by atoms with van der Waals surface area (Å²) in [6.45, 7) is -0.140. The molecule has 3 aromatic rings. The molecule has 0 fully saturated rings. The first kappa shape index (κ1) is 18.6. The first-order valence-corrected chi connectivity index (χ1v) is 9.65. The van der Waals surface area contributed by atoms with Gasteiger partial charge in [-0.3, -0.25) is 10.1 Å². The van der Waals surface area contributed by atoms with Crippen LogP contribution in [0.5, 0.6) is 5.75 Å². The monoisotopic (exact) mass is 409 g/mol. The van der Waals surface area contributed by atoms with Gasteiger partial charge in [0.1, 0.15) is 11.6 Å². The van der Waals surface area contributed by atoms with E-state index in [4.69, 9.17) is 16.3 Å². The summed E-state index contributed by atoms with van der Waals surface area (Å²) < 4.78 is 19.0. The van der Waals surface area contributed by atoms with Crippen molar-refractivity contribution in [1.82, 2.24) is 10.2 Å². The number of ether oxygens (including phenoxy) is 1. The number of nitrogens with zero attached hydrogens (tertiary/aromatic N) is 2. The maximum absolute atomic E-state index is 12.9. The van der Waals surface area contributed by atoms with Crippen LogP contribution >= 0.6 is 34.7 Å². The number of hydrogen-bond donors (Lipinski definition) is 1. The first-order valence-electron chi connectivity index (χ1n) is 7.47. The van der Waals surface area contributed by atoms with Gasteiger partial charge in [0.15, 0.2) is 10.9 Å². The highest BCUT2D eigenvalue weighted by atomic mass is 35.5. The minimum atomic E-state index is -0.328. The molecule has 9 heteroatoms. The Kier molecular flexibility index (Phi) is 6.43. The molecule has 134 valence electrons. The number of halogens is 2. The van der Waals surface area contributed by atoms with Crippen LogP contribution in [0.15, 0.2) is 52.9 Å². The Morgan fingerprint density at radius 2 is 1.88 bits per heavy atom. The average molecular weight is 410 g/mol. The van der Waals surface area contributed by atoms with E-state index in [9.17, 15) is 9.18 Å². The van der Waals surface area contributed by atoms with Crippen LogP contribution in [0.25, 0.3) is 0 Å². The van der Waals surface area contributed by atoms with Crippen molar-refractivity contribution in [2.75, 3.05) is 11.9 Å². The fourth-order valence-corrected chi connectivity index (χ4v) is 3.73. The lowest BCUT2D eigenvalue weighted by Gasteiger charge is -2.05. The van der Waals surface area contributed by atoms with E-state index >= 15 is 0 Å². The van der Waals surface area contributed by atoms with Gasteiger partial charge in [0.05, 0.1) is 0 Å². The largest absolute Gasteiger partial charge is 0.484 e. The number of aromatic nitrogens is 2. The molecule has 0 spiro atoms. The second-order valence-electron chi connectivity index (χ2n) is 5.08. The molecular weight excluding hydrogens is 397 g/mol. The van der Waals surface area contributed by atoms with Crippen LogP contribution in [0.3, 0.4) is 0 Å². The molecule has 1 N–H and O–H groups in total. The molecular formula is C17H13ClFN3O2S2. The number of hydrogen-bond acceptors (Lipinski definition) is 6. The van der Waals surface area contributed by atoms with Gasteiger partial charge in [-0.1, -0.05) is 46.8 Å². The summed E-state index contributed by atoms with van der Waals surface area (Å²) in [5, 5.41) is 11.6. The zero-order valence-electron chi connectivity index (χ0n) is 13.3. The number of anilines is 1. The van der Waals surface area contributed by atoms with Gasteiger partial charge >= 0.3 is 0 Å². The van der Waals surface area contributed by atoms with Crippen molar-refractivity contribution in [3.63, 3.8) is 0 Å². The van der Waals surface area contributed by atoms with Crippen molar-refractivity contribution in [3.8, 4) is 5.75 Å². The average Bonchev–Trinajstić information content (AvgIpc) is 3.08. The van der Waals surface area contributed by atoms with Gasteiger partial charge in [0.25, 0.3) is 5.91 Å². The zero-order chi connectivity index (χ0) is 18.4. The number of thioether (sulfide) groups is 1. The predicted octanol–water partition coefficient (Wildman–Crippen LogP) is 4.64. The maximum Gasteiger partial charge on any atom is 0.264 e. The zero-order valence-corrected chi connectivity index (χ0v) is 15.7. The van der Waals surface area contributed by atoms with Gasteiger partial charge in [-0.15, -0.1) is 10.2 Å². The molecule has 1 heterocycles. The van der Waals surface area contributed by atoms with E-state index < -0.39 is 0 Å². The van der Waals surface area contributed by atoms with E-state index in [1.54, 1.807) is 36.4 Å². The van der Waals surface area contributed by atoms with Crippen molar-refractivity contribution < 1.29 is 13.9 Å². The van der Waals surface area contributed by atoms with E-state index in [1.165, 1.54) is 35.2 Å². The lowest BCUT2D eigenvalue weighted by Crippen LogP contribution is -2.20. The molecule has 0 unspecified atom stereocenters. The number of nitrogens with one attached hydrogen (secondary N) is 1. The van der Waals surface area contributed by atoms with Gasteiger partial charge in [0, 0.05) is 10.8 Å². The first-order chi connectivity index (χ1) is 12.6. The molecule has 1 amide bonds. The van der Waals surface area contributed by atoms with E-state index in [-0.39, 0.29) is 18.3 Å². The highest BCUT2D eigenvalue weighted by molar-refractivity contribution is 8.00. The molecule has 3 rings (SSSR count). The fraction of sp³-hybridized carbons (Fsp3) is 0.118. The van der Waals surface area contributed by atoms with Gasteiger partial charge in [0.2, 0.25) is 5.13 Å². The molecule has 0 aliphatic heterocycles. The van der Waals surface area contributed by atoms with Crippen LogP contribution in [0, 0.1) is 5.82 Å². The molecule has 0 saturated heterocycles. The lowest BCUT2D eigenvalue weighted by molar-refractivity contribution is -0.118. The van der Waals surface area contributed by atoms with Crippen LogP contribution in [0.4, 0.5) is 9.52 Å². The molecule has 0 aliphatic carbocycles. The SMILES string of the molecule is O=C(COc1ccc(Cl)cc1)Nc1nnc(SCc2ccc(F)cc2)s1. The quantitative estimate of drug-likeness (QED) is 0.455. The summed E-state index contributed by atoms with van der Waals surface area (Å²) in [5.41, 5.74) is 0.980. The number of rotatable bonds is 7. The topological polar surface area (TPSA) is 64.1 Å². The van der Waals surface area contributed by atoms with Gasteiger partial charge in [-0.05, 0) is 42.0 Å². The van der Waals surface area contributed by atoms with Crippen LogP contribution < -0.4 is 10.1 Å². The Balaban J connectivity index is 1.45. The normalized spacial score (nSPS) is 10.5. The van der Waals surface area contributed by atoms with Gasteiger partial charge < -0.3 is 4.74 Å². The van der Waals surface area contributed by atoms with Crippen molar-refractivity contribution in [2.24, 2.45) is 0 Å². The molecule has 0 bridgehead atoms. The Morgan fingerprint density at radius 3 is 2.62 bits per heavy atom. The number of carbonyl (C=O) groups excluding carboxylic acids is 1. The number of amides is 1. The standard InChI is InChI=1S/C17H13ClFN3O2S2/c18-12-3-7-14(8-4-12)24-9-15(23)20-16-21-22-17(26-16)25-10-11-1-5-13(19)6-2-11/h1-8H,9-10H2,(H,20,21,23). The fourth-order valence-electron chi connectivity index (χ4n) is 1.88. The van der Waals surface area contributed by atoms with Crippen molar-refractivity contribution in [2.45, 2.75) is 10.1 Å². The molecule has 1 aromatic heterocycles. The van der Waals surface area contributed by atoms with Crippen LogP contribution in [-0.4, -0.2) is 22.7 Å². The van der Waals surface area contributed by atoms with Crippen LogP contribution in [0.1, 0.15) is 5.56 Å². The Morgan fingerprint density at radius 1 is 1.15 bits per heavy atom. The number of carbonyl (C=O) groups is 1. The third-order valence-corrected chi connectivity index (χ3v) is 5.41. The van der Waals surface area contributed by atoms with E-state index in [2.05, 4.69) is 15.5 Å². The molecule has 5 nitrogen and oxygen atoms in total. The van der Waals surface area contributed by atoms with Crippen molar-refractivity contribution in [1.29, 1.82) is 0 Å².